The standard InChI is InChI=1S/C19H24FN3O2/c1-21(15-5-3-14(20)4-6-15)19(25)22-11-10-17-13(12-22)2-9-18(24)23(17)16-7-8-16/h3-6,13,16-17H,2,7-12H2,1H3/t13-,17+/m1/s1. The molecule has 1 saturated carbocycles. The minimum Gasteiger partial charge on any atom is -0.336 e. The highest BCUT2D eigenvalue weighted by molar-refractivity contribution is 5.91. The molecule has 0 N–H and O–H groups in total. The largest absolute Gasteiger partial charge is 0.336 e. The number of halogens is 1. The van der Waals surface area contributed by atoms with Crippen molar-refractivity contribution >= 4 is 17.6 Å². The Kier molecular flexibility index (Phi) is 4.13. The predicted molar refractivity (Wildman–Crippen MR) is 92.8 cm³/mol. The Balaban J connectivity index is 1.44. The van der Waals surface area contributed by atoms with Crippen LogP contribution in [0.4, 0.5) is 14.9 Å². The molecule has 3 amide bonds. The fourth-order valence-corrected chi connectivity index (χ4v) is 4.28. The minimum atomic E-state index is -0.308. The molecule has 25 heavy (non-hydrogen) atoms. The van der Waals surface area contributed by atoms with E-state index in [1.54, 1.807) is 24.1 Å². The second kappa shape index (κ2) is 6.32. The minimum absolute atomic E-state index is 0.0556. The van der Waals surface area contributed by atoms with Crippen LogP contribution in [0.5, 0.6) is 0 Å². The Bertz CT molecular complexity index is 674. The molecule has 134 valence electrons. The van der Waals surface area contributed by atoms with Gasteiger partial charge in [0.2, 0.25) is 5.91 Å². The highest BCUT2D eigenvalue weighted by atomic mass is 19.1. The third kappa shape index (κ3) is 3.10. The van der Waals surface area contributed by atoms with E-state index in [4.69, 9.17) is 0 Å². The summed E-state index contributed by atoms with van der Waals surface area (Å²) in [4.78, 5) is 30.7. The van der Waals surface area contributed by atoms with E-state index in [9.17, 15) is 14.0 Å². The van der Waals surface area contributed by atoms with Gasteiger partial charge in [0.05, 0.1) is 0 Å². The molecule has 1 aromatic carbocycles. The smallest absolute Gasteiger partial charge is 0.324 e. The zero-order chi connectivity index (χ0) is 17.6. The molecular formula is C19H24FN3O2. The molecule has 6 heteroatoms. The highest BCUT2D eigenvalue weighted by Crippen LogP contribution is 2.39. The maximum atomic E-state index is 13.1. The van der Waals surface area contributed by atoms with Gasteiger partial charge in [-0.25, -0.2) is 9.18 Å². The van der Waals surface area contributed by atoms with Crippen molar-refractivity contribution in [3.05, 3.63) is 30.1 Å². The number of likely N-dealkylation sites (tertiary alicyclic amines) is 2. The number of fused-ring (bicyclic) bond motifs is 1. The predicted octanol–water partition coefficient (Wildman–Crippen LogP) is 2.86. The molecule has 1 aromatic rings. The van der Waals surface area contributed by atoms with Gasteiger partial charge in [-0.1, -0.05) is 0 Å². The molecule has 0 spiro atoms. The van der Waals surface area contributed by atoms with Crippen LogP contribution in [-0.4, -0.2) is 54.0 Å². The summed E-state index contributed by atoms with van der Waals surface area (Å²) in [6.45, 7) is 1.37. The zero-order valence-corrected chi connectivity index (χ0v) is 14.5. The third-order valence-corrected chi connectivity index (χ3v) is 5.78. The number of rotatable bonds is 2. The summed E-state index contributed by atoms with van der Waals surface area (Å²) in [5.41, 5.74) is 0.687. The molecule has 2 heterocycles. The van der Waals surface area contributed by atoms with Gasteiger partial charge >= 0.3 is 6.03 Å². The number of urea groups is 1. The van der Waals surface area contributed by atoms with Crippen LogP contribution < -0.4 is 4.90 Å². The van der Waals surface area contributed by atoms with Crippen LogP contribution in [0, 0.1) is 11.7 Å². The van der Waals surface area contributed by atoms with Crippen molar-refractivity contribution in [2.75, 3.05) is 25.0 Å². The number of anilines is 1. The molecule has 2 aliphatic heterocycles. The second-order valence-corrected chi connectivity index (χ2v) is 7.45. The van der Waals surface area contributed by atoms with Crippen LogP contribution in [0.25, 0.3) is 0 Å². The Hall–Kier alpha value is -2.11. The fraction of sp³-hybridized carbons (Fsp3) is 0.579. The quantitative estimate of drug-likeness (QED) is 0.827. The molecule has 4 rings (SSSR count). The molecule has 5 nitrogen and oxygen atoms in total. The molecule has 0 aromatic heterocycles. The van der Waals surface area contributed by atoms with E-state index in [1.807, 2.05) is 4.90 Å². The average molecular weight is 345 g/mol. The molecule has 3 fully saturated rings. The van der Waals surface area contributed by atoms with Crippen molar-refractivity contribution < 1.29 is 14.0 Å². The topological polar surface area (TPSA) is 43.9 Å². The second-order valence-electron chi connectivity index (χ2n) is 7.45. The molecule has 0 radical (unpaired) electrons. The molecule has 3 aliphatic rings. The summed E-state index contributed by atoms with van der Waals surface area (Å²) < 4.78 is 13.1. The highest BCUT2D eigenvalue weighted by Gasteiger charge is 2.46. The van der Waals surface area contributed by atoms with E-state index in [0.717, 1.165) is 25.7 Å². The van der Waals surface area contributed by atoms with Crippen LogP contribution in [0.2, 0.25) is 0 Å². The Morgan fingerprint density at radius 3 is 2.56 bits per heavy atom. The normalized spacial score (nSPS) is 26.4. The Morgan fingerprint density at radius 2 is 1.88 bits per heavy atom. The number of benzene rings is 1. The number of hydrogen-bond acceptors (Lipinski definition) is 2. The lowest BCUT2D eigenvalue weighted by Crippen LogP contribution is -2.58. The summed E-state index contributed by atoms with van der Waals surface area (Å²) in [6.07, 6.45) is 4.59. The van der Waals surface area contributed by atoms with Gasteiger partial charge in [-0.05, 0) is 55.9 Å². The van der Waals surface area contributed by atoms with Crippen molar-refractivity contribution in [1.29, 1.82) is 0 Å². The van der Waals surface area contributed by atoms with Crippen LogP contribution in [0.3, 0.4) is 0 Å². The van der Waals surface area contributed by atoms with Crippen molar-refractivity contribution in [3.63, 3.8) is 0 Å². The first kappa shape index (κ1) is 16.4. The first-order valence-corrected chi connectivity index (χ1v) is 9.14. The van der Waals surface area contributed by atoms with Gasteiger partial charge in [0, 0.05) is 44.3 Å². The summed E-state index contributed by atoms with van der Waals surface area (Å²) in [6, 6.07) is 6.66. The van der Waals surface area contributed by atoms with Gasteiger partial charge in [-0.2, -0.15) is 0 Å². The molecule has 0 bridgehead atoms. The maximum Gasteiger partial charge on any atom is 0.324 e. The summed E-state index contributed by atoms with van der Waals surface area (Å²) in [7, 11) is 1.72. The molecule has 0 unspecified atom stereocenters. The summed E-state index contributed by atoms with van der Waals surface area (Å²) >= 11 is 0. The van der Waals surface area contributed by atoms with Crippen molar-refractivity contribution in [1.82, 2.24) is 9.80 Å². The van der Waals surface area contributed by atoms with Gasteiger partial charge in [0.25, 0.3) is 0 Å². The summed E-state index contributed by atoms with van der Waals surface area (Å²) in [5.74, 6) is 0.363. The molecule has 2 saturated heterocycles. The SMILES string of the molecule is CN(C(=O)N1CC[C@H]2[C@H](CCC(=O)N2C2CC2)C1)c1ccc(F)cc1. The van der Waals surface area contributed by atoms with Crippen molar-refractivity contribution in [3.8, 4) is 0 Å². The van der Waals surface area contributed by atoms with Crippen molar-refractivity contribution in [2.24, 2.45) is 5.92 Å². The van der Waals surface area contributed by atoms with E-state index in [2.05, 4.69) is 4.90 Å². The van der Waals surface area contributed by atoms with Gasteiger partial charge in [-0.3, -0.25) is 9.69 Å². The van der Waals surface area contributed by atoms with E-state index >= 15 is 0 Å². The number of hydrogen-bond donors (Lipinski definition) is 0. The summed E-state index contributed by atoms with van der Waals surface area (Å²) in [5, 5.41) is 0. The van der Waals surface area contributed by atoms with Crippen LogP contribution >= 0.6 is 0 Å². The van der Waals surface area contributed by atoms with E-state index in [0.29, 0.717) is 49.1 Å². The molecule has 2 atom stereocenters. The van der Waals surface area contributed by atoms with Crippen LogP contribution in [0.15, 0.2) is 24.3 Å². The van der Waals surface area contributed by atoms with Gasteiger partial charge < -0.3 is 9.80 Å². The Morgan fingerprint density at radius 1 is 1.16 bits per heavy atom. The van der Waals surface area contributed by atoms with Crippen LogP contribution in [-0.2, 0) is 4.79 Å². The molecule has 1 aliphatic carbocycles. The first-order valence-electron chi connectivity index (χ1n) is 9.14. The lowest BCUT2D eigenvalue weighted by molar-refractivity contribution is -0.141. The van der Waals surface area contributed by atoms with Gasteiger partial charge in [0.1, 0.15) is 5.82 Å². The number of carbonyl (C=O) groups excluding carboxylic acids is 2. The number of amides is 3. The molecular weight excluding hydrogens is 321 g/mol. The van der Waals surface area contributed by atoms with Crippen LogP contribution in [0.1, 0.15) is 32.1 Å². The zero-order valence-electron chi connectivity index (χ0n) is 14.5. The maximum absolute atomic E-state index is 13.1. The van der Waals surface area contributed by atoms with Gasteiger partial charge in [-0.15, -0.1) is 0 Å². The monoisotopic (exact) mass is 345 g/mol. The van der Waals surface area contributed by atoms with E-state index in [1.165, 1.54) is 12.1 Å². The average Bonchev–Trinajstić information content (AvgIpc) is 3.45. The first-order chi connectivity index (χ1) is 12.0. The fourth-order valence-electron chi connectivity index (χ4n) is 4.28. The number of piperidine rings is 2. The van der Waals surface area contributed by atoms with Crippen molar-refractivity contribution in [2.45, 2.75) is 44.2 Å². The van der Waals surface area contributed by atoms with E-state index < -0.39 is 0 Å². The third-order valence-electron chi connectivity index (χ3n) is 5.78. The number of carbonyl (C=O) groups is 2. The lowest BCUT2D eigenvalue weighted by atomic mass is 9.83. The lowest BCUT2D eigenvalue weighted by Gasteiger charge is -2.47. The van der Waals surface area contributed by atoms with E-state index in [-0.39, 0.29) is 11.8 Å². The van der Waals surface area contributed by atoms with Gasteiger partial charge in [0.15, 0.2) is 0 Å². The number of nitrogens with zero attached hydrogens (tertiary/aromatic N) is 3. The Labute approximate surface area is 147 Å².